The Hall–Kier alpha value is -0.170. The SMILES string of the molecule is CCCCCCCCCCCCCCCCCC[N+]1(CC)C(C)CCC1C.CCOS(=O)(=O)[O-]. The molecule has 0 N–H and O–H groups in total. The van der Waals surface area contributed by atoms with E-state index in [-0.39, 0.29) is 6.61 Å². The summed E-state index contributed by atoms with van der Waals surface area (Å²) in [4.78, 5) is 0. The van der Waals surface area contributed by atoms with Crippen LogP contribution in [-0.4, -0.2) is 49.2 Å². The molecule has 0 aromatic rings. The van der Waals surface area contributed by atoms with E-state index in [1.807, 2.05) is 0 Å². The lowest BCUT2D eigenvalue weighted by atomic mass is 10.0. The van der Waals surface area contributed by atoms with Gasteiger partial charge < -0.3 is 9.04 Å². The van der Waals surface area contributed by atoms with Crippen molar-refractivity contribution in [3.63, 3.8) is 0 Å². The third kappa shape index (κ3) is 16.5. The summed E-state index contributed by atoms with van der Waals surface area (Å²) in [5, 5.41) is 0. The average Bonchev–Trinajstić information content (AvgIpc) is 3.07. The Morgan fingerprint density at radius 2 is 1.03 bits per heavy atom. The Morgan fingerprint density at radius 1 is 0.676 bits per heavy atom. The molecule has 0 amide bonds. The van der Waals surface area contributed by atoms with E-state index in [1.165, 1.54) is 140 Å². The second kappa shape index (κ2) is 21.0. The first-order valence-electron chi connectivity index (χ1n) is 14.7. The van der Waals surface area contributed by atoms with E-state index in [4.69, 9.17) is 0 Å². The number of likely N-dealkylation sites (tertiary alicyclic amines) is 1. The molecule has 206 valence electrons. The van der Waals surface area contributed by atoms with Crippen LogP contribution in [0.1, 0.15) is 150 Å². The van der Waals surface area contributed by atoms with Gasteiger partial charge in [0.15, 0.2) is 0 Å². The molecule has 1 aliphatic heterocycles. The molecule has 2 atom stereocenters. The van der Waals surface area contributed by atoms with Crippen LogP contribution in [0.15, 0.2) is 0 Å². The summed E-state index contributed by atoms with van der Waals surface area (Å²) in [6.07, 6.45) is 26.4. The molecule has 1 saturated heterocycles. The zero-order chi connectivity index (χ0) is 25.7. The van der Waals surface area contributed by atoms with Gasteiger partial charge in [-0.05, 0) is 40.5 Å². The molecule has 2 unspecified atom stereocenters. The molecule has 0 bridgehead atoms. The fourth-order valence-corrected chi connectivity index (χ4v) is 6.04. The summed E-state index contributed by atoms with van der Waals surface area (Å²) in [5.74, 6) is 0. The van der Waals surface area contributed by atoms with Crippen molar-refractivity contribution >= 4 is 10.4 Å². The number of unbranched alkanes of at least 4 members (excludes halogenated alkanes) is 15. The summed E-state index contributed by atoms with van der Waals surface area (Å²) in [6, 6.07) is 1.81. The third-order valence-electron chi connectivity index (χ3n) is 8.04. The van der Waals surface area contributed by atoms with Crippen molar-refractivity contribution in [1.29, 1.82) is 0 Å². The second-order valence-corrected chi connectivity index (χ2v) is 11.6. The number of hydrogen-bond acceptors (Lipinski definition) is 4. The highest BCUT2D eigenvalue weighted by Crippen LogP contribution is 2.33. The maximum Gasteiger partial charge on any atom is 0.217 e. The van der Waals surface area contributed by atoms with Crippen LogP contribution < -0.4 is 0 Å². The Labute approximate surface area is 214 Å². The molecule has 5 nitrogen and oxygen atoms in total. The van der Waals surface area contributed by atoms with E-state index in [9.17, 15) is 13.0 Å². The van der Waals surface area contributed by atoms with Crippen molar-refractivity contribution < 1.29 is 21.6 Å². The van der Waals surface area contributed by atoms with Gasteiger partial charge in [0, 0.05) is 12.8 Å². The maximum atomic E-state index is 9.45. The molecule has 0 aromatic carbocycles. The van der Waals surface area contributed by atoms with Crippen LogP contribution in [0, 0.1) is 0 Å². The van der Waals surface area contributed by atoms with E-state index in [0.29, 0.717) is 0 Å². The first kappa shape index (κ1) is 33.8. The standard InChI is InChI=1S/C26H54N.C2H6O4S/c1-5-7-8-9-10-11-12-13-14-15-16-17-18-19-20-21-24-27(6-2)25(3)22-23-26(27)4;1-2-6-7(3,4)5/h25-26H,5-24H2,1-4H3;2H2,1H3,(H,3,4,5)/q+1;/p-1. The average molecular weight is 506 g/mol. The summed E-state index contributed by atoms with van der Waals surface area (Å²) in [7, 11) is -4.42. The van der Waals surface area contributed by atoms with Gasteiger partial charge in [-0.15, -0.1) is 0 Å². The topological polar surface area (TPSA) is 66.4 Å². The molecule has 0 aliphatic carbocycles. The molecule has 34 heavy (non-hydrogen) atoms. The molecule has 1 fully saturated rings. The van der Waals surface area contributed by atoms with Crippen LogP contribution in [0.2, 0.25) is 0 Å². The number of rotatable bonds is 20. The first-order chi connectivity index (χ1) is 16.2. The second-order valence-electron chi connectivity index (χ2n) is 10.5. The molecule has 1 aliphatic rings. The van der Waals surface area contributed by atoms with Gasteiger partial charge in [0.05, 0.1) is 31.8 Å². The maximum absolute atomic E-state index is 9.45. The van der Waals surface area contributed by atoms with Crippen molar-refractivity contribution in [3.8, 4) is 0 Å². The predicted molar refractivity (Wildman–Crippen MR) is 145 cm³/mol. The smallest absolute Gasteiger partial charge is 0.217 e. The summed E-state index contributed by atoms with van der Waals surface area (Å²) in [6.45, 7) is 13.8. The minimum absolute atomic E-state index is 0.0914. The molecule has 1 heterocycles. The van der Waals surface area contributed by atoms with Gasteiger partial charge >= 0.3 is 0 Å². The highest BCUT2D eigenvalue weighted by Gasteiger charge is 2.42. The van der Waals surface area contributed by atoms with Crippen molar-refractivity contribution in [2.45, 2.75) is 162 Å². The van der Waals surface area contributed by atoms with Crippen molar-refractivity contribution in [3.05, 3.63) is 0 Å². The van der Waals surface area contributed by atoms with Gasteiger partial charge in [0.25, 0.3) is 0 Å². The van der Waals surface area contributed by atoms with E-state index < -0.39 is 10.4 Å². The van der Waals surface area contributed by atoms with Gasteiger partial charge in [-0.25, -0.2) is 8.42 Å². The van der Waals surface area contributed by atoms with Crippen LogP contribution in [0.4, 0.5) is 0 Å². The van der Waals surface area contributed by atoms with Crippen molar-refractivity contribution in [1.82, 2.24) is 0 Å². The fourth-order valence-electron chi connectivity index (χ4n) is 5.75. The predicted octanol–water partition coefficient (Wildman–Crippen LogP) is 8.14. The van der Waals surface area contributed by atoms with Crippen molar-refractivity contribution in [2.24, 2.45) is 0 Å². The van der Waals surface area contributed by atoms with Gasteiger partial charge in [-0.3, -0.25) is 4.18 Å². The van der Waals surface area contributed by atoms with Crippen LogP contribution >= 0.6 is 0 Å². The monoisotopic (exact) mass is 505 g/mol. The Kier molecular flexibility index (Phi) is 20.9. The number of quaternary nitrogens is 1. The summed E-state index contributed by atoms with van der Waals surface area (Å²) < 4.78 is 33.4. The lowest BCUT2D eigenvalue weighted by Gasteiger charge is -2.42. The summed E-state index contributed by atoms with van der Waals surface area (Å²) >= 11 is 0. The van der Waals surface area contributed by atoms with Gasteiger partial charge in [0.1, 0.15) is 0 Å². The lowest BCUT2D eigenvalue weighted by Crippen LogP contribution is -2.55. The largest absolute Gasteiger partial charge is 0.726 e. The minimum Gasteiger partial charge on any atom is -0.726 e. The Balaban J connectivity index is 0.00000135. The van der Waals surface area contributed by atoms with Gasteiger partial charge in [-0.2, -0.15) is 0 Å². The van der Waals surface area contributed by atoms with Crippen molar-refractivity contribution in [2.75, 3.05) is 19.7 Å². The van der Waals surface area contributed by atoms with E-state index in [1.54, 1.807) is 0 Å². The minimum atomic E-state index is -4.42. The normalized spacial score (nSPS) is 22.5. The third-order valence-corrected chi connectivity index (χ3v) is 8.56. The number of hydrogen-bond donors (Lipinski definition) is 0. The molecule has 0 radical (unpaired) electrons. The van der Waals surface area contributed by atoms with E-state index in [2.05, 4.69) is 31.9 Å². The summed E-state index contributed by atoms with van der Waals surface area (Å²) in [5.41, 5.74) is 0. The number of nitrogens with zero attached hydrogens (tertiary/aromatic N) is 1. The first-order valence-corrected chi connectivity index (χ1v) is 16.0. The molecule has 6 heteroatoms. The molecule has 0 saturated carbocycles. The van der Waals surface area contributed by atoms with Crippen LogP contribution in [0.5, 0.6) is 0 Å². The molecular formula is C28H59NO4S. The van der Waals surface area contributed by atoms with Crippen LogP contribution in [-0.2, 0) is 14.6 Å². The molecular weight excluding hydrogens is 446 g/mol. The Bertz CT molecular complexity index is 543. The van der Waals surface area contributed by atoms with E-state index >= 15 is 0 Å². The lowest BCUT2D eigenvalue weighted by molar-refractivity contribution is -0.956. The molecule has 1 rings (SSSR count). The highest BCUT2D eigenvalue weighted by molar-refractivity contribution is 7.80. The van der Waals surface area contributed by atoms with Gasteiger partial charge in [0.2, 0.25) is 10.4 Å². The Morgan fingerprint density at radius 3 is 1.29 bits per heavy atom. The molecule has 0 spiro atoms. The fraction of sp³-hybridized carbons (Fsp3) is 1.00. The van der Waals surface area contributed by atoms with E-state index in [0.717, 1.165) is 12.1 Å². The van der Waals surface area contributed by atoms with Crippen LogP contribution in [0.25, 0.3) is 0 Å². The quantitative estimate of drug-likeness (QED) is 0.0724. The molecule has 0 aromatic heterocycles. The highest BCUT2D eigenvalue weighted by atomic mass is 32.3. The zero-order valence-electron chi connectivity index (χ0n) is 23.5. The van der Waals surface area contributed by atoms with Gasteiger partial charge in [-0.1, -0.05) is 96.8 Å². The zero-order valence-corrected chi connectivity index (χ0v) is 24.3. The van der Waals surface area contributed by atoms with Crippen LogP contribution in [0.3, 0.4) is 0 Å².